The van der Waals surface area contributed by atoms with Crippen molar-refractivity contribution in [1.29, 1.82) is 0 Å². The first-order valence-corrected chi connectivity index (χ1v) is 8.08. The molecule has 0 bridgehead atoms. The SMILES string of the molecule is CCOc1ccc(C(O)C2(N(C)C)CCC(C)CC2)cc1. The first-order chi connectivity index (χ1) is 9.99. The number of nitrogens with zero attached hydrogens (tertiary/aromatic N) is 1. The van der Waals surface area contributed by atoms with E-state index in [4.69, 9.17) is 4.74 Å². The van der Waals surface area contributed by atoms with Crippen LogP contribution >= 0.6 is 0 Å². The molecular weight excluding hydrogens is 262 g/mol. The Hall–Kier alpha value is -1.06. The maximum Gasteiger partial charge on any atom is 0.119 e. The highest BCUT2D eigenvalue weighted by Crippen LogP contribution is 2.43. The number of aliphatic hydroxyl groups is 1. The summed E-state index contributed by atoms with van der Waals surface area (Å²) in [5.74, 6) is 1.63. The van der Waals surface area contributed by atoms with E-state index in [0.717, 1.165) is 30.1 Å². The molecule has 1 aliphatic carbocycles. The van der Waals surface area contributed by atoms with Gasteiger partial charge in [0.15, 0.2) is 0 Å². The molecule has 0 spiro atoms. The summed E-state index contributed by atoms with van der Waals surface area (Å²) in [4.78, 5) is 2.22. The summed E-state index contributed by atoms with van der Waals surface area (Å²) in [5.41, 5.74) is 0.848. The van der Waals surface area contributed by atoms with Crippen LogP contribution < -0.4 is 4.74 Å². The second kappa shape index (κ2) is 6.80. The molecule has 3 heteroatoms. The fourth-order valence-corrected chi connectivity index (χ4v) is 3.45. The molecule has 0 radical (unpaired) electrons. The summed E-state index contributed by atoms with van der Waals surface area (Å²) in [7, 11) is 4.18. The minimum atomic E-state index is -0.448. The van der Waals surface area contributed by atoms with Gasteiger partial charge in [-0.05, 0) is 70.3 Å². The lowest BCUT2D eigenvalue weighted by Gasteiger charge is -2.47. The van der Waals surface area contributed by atoms with Crippen molar-refractivity contribution >= 4 is 0 Å². The lowest BCUT2D eigenvalue weighted by atomic mass is 9.71. The van der Waals surface area contributed by atoms with E-state index in [2.05, 4.69) is 25.9 Å². The maximum absolute atomic E-state index is 11.0. The maximum atomic E-state index is 11.0. The summed E-state index contributed by atoms with van der Waals surface area (Å²) in [6, 6.07) is 7.91. The fraction of sp³-hybridized carbons (Fsp3) is 0.667. The molecule has 2 rings (SSSR count). The Morgan fingerprint density at radius 3 is 2.29 bits per heavy atom. The number of aliphatic hydroxyl groups excluding tert-OH is 1. The molecule has 0 saturated heterocycles. The molecule has 1 aliphatic rings. The molecule has 21 heavy (non-hydrogen) atoms. The first-order valence-electron chi connectivity index (χ1n) is 8.08. The molecule has 1 atom stereocenters. The van der Waals surface area contributed by atoms with E-state index < -0.39 is 6.10 Å². The van der Waals surface area contributed by atoms with Crippen LogP contribution in [0.5, 0.6) is 5.75 Å². The number of benzene rings is 1. The number of rotatable bonds is 5. The molecule has 0 amide bonds. The highest BCUT2D eigenvalue weighted by Gasteiger charge is 2.42. The van der Waals surface area contributed by atoms with Crippen molar-refractivity contribution in [3.8, 4) is 5.75 Å². The van der Waals surface area contributed by atoms with Crippen LogP contribution in [-0.4, -0.2) is 36.2 Å². The van der Waals surface area contributed by atoms with Crippen molar-refractivity contribution in [2.45, 2.75) is 51.2 Å². The molecule has 0 aromatic heterocycles. The third-order valence-corrected chi connectivity index (χ3v) is 5.05. The van der Waals surface area contributed by atoms with Crippen molar-refractivity contribution in [2.24, 2.45) is 5.92 Å². The Bertz CT molecular complexity index is 433. The Balaban J connectivity index is 2.20. The van der Waals surface area contributed by atoms with Gasteiger partial charge in [0, 0.05) is 0 Å². The lowest BCUT2D eigenvalue weighted by molar-refractivity contribution is -0.0408. The molecule has 1 aromatic carbocycles. The van der Waals surface area contributed by atoms with E-state index in [0.29, 0.717) is 6.61 Å². The standard InChI is InChI=1S/C18H29NO2/c1-5-21-16-8-6-15(7-9-16)17(20)18(19(3)4)12-10-14(2)11-13-18/h6-9,14,17,20H,5,10-13H2,1-4H3. The van der Waals surface area contributed by atoms with Crippen LogP contribution in [0.1, 0.15) is 51.2 Å². The average Bonchev–Trinajstić information content (AvgIpc) is 2.48. The van der Waals surface area contributed by atoms with Gasteiger partial charge in [-0.15, -0.1) is 0 Å². The van der Waals surface area contributed by atoms with Crippen molar-refractivity contribution in [2.75, 3.05) is 20.7 Å². The van der Waals surface area contributed by atoms with Gasteiger partial charge in [-0.1, -0.05) is 19.1 Å². The van der Waals surface area contributed by atoms with Crippen LogP contribution in [0.2, 0.25) is 0 Å². The van der Waals surface area contributed by atoms with Crippen LogP contribution in [0.3, 0.4) is 0 Å². The van der Waals surface area contributed by atoms with Gasteiger partial charge in [0.1, 0.15) is 5.75 Å². The van der Waals surface area contributed by atoms with E-state index in [1.165, 1.54) is 12.8 Å². The number of hydrogen-bond donors (Lipinski definition) is 1. The quantitative estimate of drug-likeness (QED) is 0.899. The van der Waals surface area contributed by atoms with Gasteiger partial charge < -0.3 is 14.7 Å². The molecule has 1 saturated carbocycles. The van der Waals surface area contributed by atoms with E-state index in [1.54, 1.807) is 0 Å². The molecule has 1 fully saturated rings. The predicted octanol–water partition coefficient (Wildman–Crippen LogP) is 3.63. The minimum Gasteiger partial charge on any atom is -0.494 e. The topological polar surface area (TPSA) is 32.7 Å². The number of likely N-dealkylation sites (N-methyl/N-ethyl adjacent to an activating group) is 1. The van der Waals surface area contributed by atoms with E-state index in [9.17, 15) is 5.11 Å². The number of hydrogen-bond acceptors (Lipinski definition) is 3. The van der Waals surface area contributed by atoms with Gasteiger partial charge in [-0.2, -0.15) is 0 Å². The third-order valence-electron chi connectivity index (χ3n) is 5.05. The first kappa shape index (κ1) is 16.3. The molecule has 3 nitrogen and oxygen atoms in total. The van der Waals surface area contributed by atoms with Crippen LogP contribution in [0.25, 0.3) is 0 Å². The van der Waals surface area contributed by atoms with Gasteiger partial charge in [0.25, 0.3) is 0 Å². The zero-order valence-corrected chi connectivity index (χ0v) is 13.8. The van der Waals surface area contributed by atoms with Crippen LogP contribution in [0.15, 0.2) is 24.3 Å². The second-order valence-corrected chi connectivity index (χ2v) is 6.59. The molecule has 0 heterocycles. The third kappa shape index (κ3) is 3.41. The summed E-state index contributed by atoms with van der Waals surface area (Å²) in [5, 5.41) is 11.0. The normalized spacial score (nSPS) is 27.6. The Morgan fingerprint density at radius 2 is 1.81 bits per heavy atom. The molecule has 118 valence electrons. The molecule has 1 N–H and O–H groups in total. The summed E-state index contributed by atoms with van der Waals surface area (Å²) < 4.78 is 5.48. The van der Waals surface area contributed by atoms with E-state index in [1.807, 2.05) is 31.2 Å². The lowest BCUT2D eigenvalue weighted by Crippen LogP contribution is -2.51. The van der Waals surface area contributed by atoms with E-state index in [-0.39, 0.29) is 5.54 Å². The van der Waals surface area contributed by atoms with Gasteiger partial charge in [0.2, 0.25) is 0 Å². The van der Waals surface area contributed by atoms with Crippen molar-refractivity contribution in [3.05, 3.63) is 29.8 Å². The minimum absolute atomic E-state index is 0.139. The smallest absolute Gasteiger partial charge is 0.119 e. The van der Waals surface area contributed by atoms with Crippen molar-refractivity contribution in [3.63, 3.8) is 0 Å². The van der Waals surface area contributed by atoms with Crippen molar-refractivity contribution in [1.82, 2.24) is 4.90 Å². The van der Waals surface area contributed by atoms with Gasteiger partial charge in [-0.3, -0.25) is 0 Å². The van der Waals surface area contributed by atoms with Crippen LogP contribution in [0.4, 0.5) is 0 Å². The van der Waals surface area contributed by atoms with E-state index >= 15 is 0 Å². The highest BCUT2D eigenvalue weighted by molar-refractivity contribution is 5.30. The Labute approximate surface area is 128 Å². The average molecular weight is 291 g/mol. The second-order valence-electron chi connectivity index (χ2n) is 6.59. The van der Waals surface area contributed by atoms with Crippen LogP contribution in [-0.2, 0) is 0 Å². The van der Waals surface area contributed by atoms with Gasteiger partial charge in [-0.25, -0.2) is 0 Å². The Kier molecular flexibility index (Phi) is 5.28. The highest BCUT2D eigenvalue weighted by atomic mass is 16.5. The Morgan fingerprint density at radius 1 is 1.24 bits per heavy atom. The number of ether oxygens (including phenoxy) is 1. The zero-order chi connectivity index (χ0) is 15.5. The fourth-order valence-electron chi connectivity index (χ4n) is 3.45. The predicted molar refractivity (Wildman–Crippen MR) is 86.6 cm³/mol. The van der Waals surface area contributed by atoms with Gasteiger partial charge >= 0.3 is 0 Å². The summed E-state index contributed by atoms with van der Waals surface area (Å²) in [6.45, 7) is 4.96. The summed E-state index contributed by atoms with van der Waals surface area (Å²) in [6.07, 6.45) is 4.03. The largest absolute Gasteiger partial charge is 0.494 e. The van der Waals surface area contributed by atoms with Gasteiger partial charge in [0.05, 0.1) is 18.2 Å². The molecule has 1 aromatic rings. The molecule has 1 unspecified atom stereocenters. The monoisotopic (exact) mass is 291 g/mol. The molecular formula is C18H29NO2. The summed E-state index contributed by atoms with van der Waals surface area (Å²) >= 11 is 0. The van der Waals surface area contributed by atoms with Crippen molar-refractivity contribution < 1.29 is 9.84 Å². The molecule has 0 aliphatic heterocycles. The van der Waals surface area contributed by atoms with Crippen LogP contribution in [0, 0.1) is 5.92 Å². The zero-order valence-electron chi connectivity index (χ0n) is 13.8.